The van der Waals surface area contributed by atoms with E-state index >= 15 is 0 Å². The average Bonchev–Trinajstić information content (AvgIpc) is 2.87. The minimum absolute atomic E-state index is 0.299. The number of methoxy groups -OCH3 is 1. The SMILES string of the molecule is CCC1CCCCC1n1cc(C(=O)OC)nn1. The van der Waals surface area contributed by atoms with Gasteiger partial charge in [-0.1, -0.05) is 31.4 Å². The Bertz CT molecular complexity index is 389. The van der Waals surface area contributed by atoms with Gasteiger partial charge >= 0.3 is 5.97 Å². The van der Waals surface area contributed by atoms with Crippen LogP contribution in [-0.4, -0.2) is 28.1 Å². The second-order valence-electron chi connectivity index (χ2n) is 4.60. The van der Waals surface area contributed by atoms with E-state index in [2.05, 4.69) is 22.0 Å². The number of hydrogen-bond donors (Lipinski definition) is 0. The van der Waals surface area contributed by atoms with E-state index in [1.165, 1.54) is 26.4 Å². The fraction of sp³-hybridized carbons (Fsp3) is 0.750. The molecule has 0 amide bonds. The predicted molar refractivity (Wildman–Crippen MR) is 62.6 cm³/mol. The maximum Gasteiger partial charge on any atom is 0.360 e. The molecule has 5 heteroatoms. The van der Waals surface area contributed by atoms with E-state index < -0.39 is 5.97 Å². The van der Waals surface area contributed by atoms with Crippen molar-refractivity contribution < 1.29 is 9.53 Å². The molecule has 0 spiro atoms. The molecule has 1 aromatic rings. The fourth-order valence-corrected chi connectivity index (χ4v) is 2.65. The van der Waals surface area contributed by atoms with Gasteiger partial charge in [0, 0.05) is 0 Å². The lowest BCUT2D eigenvalue weighted by Crippen LogP contribution is -2.23. The minimum Gasteiger partial charge on any atom is -0.464 e. The molecular weight excluding hydrogens is 218 g/mol. The largest absolute Gasteiger partial charge is 0.464 e. The van der Waals surface area contributed by atoms with Gasteiger partial charge in [-0.2, -0.15) is 0 Å². The average molecular weight is 237 g/mol. The lowest BCUT2D eigenvalue weighted by molar-refractivity contribution is 0.0594. The van der Waals surface area contributed by atoms with E-state index in [1.807, 2.05) is 4.68 Å². The third-order valence-electron chi connectivity index (χ3n) is 3.64. The number of nitrogens with zero attached hydrogens (tertiary/aromatic N) is 3. The molecule has 2 atom stereocenters. The Hall–Kier alpha value is -1.39. The van der Waals surface area contributed by atoms with Gasteiger partial charge in [0.2, 0.25) is 0 Å². The first kappa shape index (κ1) is 12.1. The lowest BCUT2D eigenvalue weighted by atomic mass is 9.83. The molecular formula is C12H19N3O2. The normalized spacial score (nSPS) is 24.6. The number of aromatic nitrogens is 3. The molecule has 0 saturated heterocycles. The summed E-state index contributed by atoms with van der Waals surface area (Å²) in [4.78, 5) is 11.3. The zero-order valence-electron chi connectivity index (χ0n) is 10.4. The number of carbonyl (C=O) groups is 1. The summed E-state index contributed by atoms with van der Waals surface area (Å²) in [5.74, 6) is 0.232. The molecule has 1 aromatic heterocycles. The summed E-state index contributed by atoms with van der Waals surface area (Å²) in [6.07, 6.45) is 7.77. The van der Waals surface area contributed by atoms with Gasteiger partial charge in [-0.15, -0.1) is 5.10 Å². The van der Waals surface area contributed by atoms with E-state index in [9.17, 15) is 4.79 Å². The van der Waals surface area contributed by atoms with Crippen molar-refractivity contribution >= 4 is 5.97 Å². The van der Waals surface area contributed by atoms with Gasteiger partial charge < -0.3 is 4.74 Å². The van der Waals surface area contributed by atoms with E-state index in [0.29, 0.717) is 17.7 Å². The van der Waals surface area contributed by atoms with Gasteiger partial charge in [0.1, 0.15) is 0 Å². The summed E-state index contributed by atoms with van der Waals surface area (Å²) < 4.78 is 6.48. The predicted octanol–water partition coefficient (Wildman–Crippen LogP) is 2.21. The Labute approximate surface area is 101 Å². The molecule has 1 aliphatic carbocycles. The molecule has 0 aliphatic heterocycles. The van der Waals surface area contributed by atoms with Crippen LogP contribution in [-0.2, 0) is 4.74 Å². The van der Waals surface area contributed by atoms with Gasteiger partial charge in [-0.3, -0.25) is 0 Å². The Morgan fingerprint density at radius 3 is 3.00 bits per heavy atom. The van der Waals surface area contributed by atoms with Gasteiger partial charge in [0.15, 0.2) is 5.69 Å². The maximum atomic E-state index is 11.3. The van der Waals surface area contributed by atoms with Crippen LogP contribution in [0.3, 0.4) is 0 Å². The van der Waals surface area contributed by atoms with Crippen LogP contribution < -0.4 is 0 Å². The van der Waals surface area contributed by atoms with Crippen molar-refractivity contribution in [3.63, 3.8) is 0 Å². The molecule has 5 nitrogen and oxygen atoms in total. The monoisotopic (exact) mass is 237 g/mol. The van der Waals surface area contributed by atoms with Gasteiger partial charge in [-0.25, -0.2) is 9.48 Å². The quantitative estimate of drug-likeness (QED) is 0.756. The molecule has 2 unspecified atom stereocenters. The van der Waals surface area contributed by atoms with Crippen LogP contribution in [0, 0.1) is 5.92 Å². The molecule has 1 aliphatic rings. The van der Waals surface area contributed by atoms with Crippen molar-refractivity contribution in [2.75, 3.05) is 7.11 Å². The number of esters is 1. The summed E-state index contributed by atoms with van der Waals surface area (Å²) in [7, 11) is 1.36. The van der Waals surface area contributed by atoms with Crippen LogP contribution in [0.25, 0.3) is 0 Å². The summed E-state index contributed by atoms with van der Waals surface area (Å²) >= 11 is 0. The molecule has 1 fully saturated rings. The molecule has 1 saturated carbocycles. The number of carbonyl (C=O) groups excluding carboxylic acids is 1. The summed E-state index contributed by atoms with van der Waals surface area (Å²) in [5, 5.41) is 7.94. The number of ether oxygens (including phenoxy) is 1. The zero-order valence-corrected chi connectivity index (χ0v) is 10.4. The second kappa shape index (κ2) is 5.29. The highest BCUT2D eigenvalue weighted by Gasteiger charge is 2.26. The first-order valence-electron chi connectivity index (χ1n) is 6.26. The van der Waals surface area contributed by atoms with Crippen LogP contribution in [0.15, 0.2) is 6.20 Å². The van der Waals surface area contributed by atoms with E-state index in [1.54, 1.807) is 6.20 Å². The van der Waals surface area contributed by atoms with Crippen molar-refractivity contribution in [1.29, 1.82) is 0 Å². The van der Waals surface area contributed by atoms with E-state index in [0.717, 1.165) is 12.8 Å². The van der Waals surface area contributed by atoms with E-state index in [-0.39, 0.29) is 0 Å². The minimum atomic E-state index is -0.417. The first-order chi connectivity index (χ1) is 8.26. The van der Waals surface area contributed by atoms with Crippen LogP contribution in [0.4, 0.5) is 0 Å². The number of hydrogen-bond acceptors (Lipinski definition) is 4. The molecule has 17 heavy (non-hydrogen) atoms. The highest BCUT2D eigenvalue weighted by Crippen LogP contribution is 2.35. The van der Waals surface area contributed by atoms with Crippen LogP contribution in [0.1, 0.15) is 55.6 Å². The Kier molecular flexibility index (Phi) is 3.76. The summed E-state index contributed by atoms with van der Waals surface area (Å²) in [6.45, 7) is 2.21. The standard InChI is InChI=1S/C12H19N3O2/c1-3-9-6-4-5-7-11(9)15-8-10(13-14-15)12(16)17-2/h8-9,11H,3-7H2,1-2H3. The van der Waals surface area contributed by atoms with Gasteiger partial charge in [-0.05, 0) is 18.8 Å². The maximum absolute atomic E-state index is 11.3. The second-order valence-corrected chi connectivity index (χ2v) is 4.60. The Balaban J connectivity index is 2.15. The fourth-order valence-electron chi connectivity index (χ4n) is 2.65. The van der Waals surface area contributed by atoms with Crippen molar-refractivity contribution in [3.05, 3.63) is 11.9 Å². The van der Waals surface area contributed by atoms with Crippen molar-refractivity contribution in [2.45, 2.75) is 45.1 Å². The third-order valence-corrected chi connectivity index (χ3v) is 3.64. The van der Waals surface area contributed by atoms with Crippen LogP contribution >= 0.6 is 0 Å². The lowest BCUT2D eigenvalue weighted by Gasteiger charge is -2.30. The number of rotatable bonds is 3. The van der Waals surface area contributed by atoms with E-state index in [4.69, 9.17) is 0 Å². The molecule has 94 valence electrons. The zero-order chi connectivity index (χ0) is 12.3. The molecule has 2 rings (SSSR count). The first-order valence-corrected chi connectivity index (χ1v) is 6.26. The summed E-state index contributed by atoms with van der Waals surface area (Å²) in [5.41, 5.74) is 0.299. The van der Waals surface area contributed by atoms with Crippen molar-refractivity contribution in [1.82, 2.24) is 15.0 Å². The van der Waals surface area contributed by atoms with Crippen molar-refractivity contribution in [2.24, 2.45) is 5.92 Å². The molecule has 0 bridgehead atoms. The Morgan fingerprint density at radius 2 is 2.29 bits per heavy atom. The molecule has 0 radical (unpaired) electrons. The summed E-state index contributed by atoms with van der Waals surface area (Å²) in [6, 6.07) is 0.389. The van der Waals surface area contributed by atoms with Gasteiger partial charge in [0.25, 0.3) is 0 Å². The smallest absolute Gasteiger partial charge is 0.360 e. The Morgan fingerprint density at radius 1 is 1.53 bits per heavy atom. The highest BCUT2D eigenvalue weighted by molar-refractivity contribution is 5.86. The highest BCUT2D eigenvalue weighted by atomic mass is 16.5. The van der Waals surface area contributed by atoms with Crippen LogP contribution in [0.5, 0.6) is 0 Å². The van der Waals surface area contributed by atoms with Gasteiger partial charge in [0.05, 0.1) is 19.3 Å². The topological polar surface area (TPSA) is 57.0 Å². The van der Waals surface area contributed by atoms with Crippen molar-refractivity contribution in [3.8, 4) is 0 Å². The van der Waals surface area contributed by atoms with Crippen LogP contribution in [0.2, 0.25) is 0 Å². The molecule has 0 N–H and O–H groups in total. The third kappa shape index (κ3) is 2.48. The molecule has 0 aromatic carbocycles. The molecule has 1 heterocycles.